The minimum Gasteiger partial charge on any atom is -0.459 e. The van der Waals surface area contributed by atoms with Crippen molar-refractivity contribution in [2.24, 2.45) is 5.73 Å². The normalized spacial score (nSPS) is 11.2. The molecular weight excluding hydrogens is 244 g/mol. The molecule has 0 fully saturated rings. The molecule has 3 nitrogen and oxygen atoms in total. The fraction of sp³-hybridized carbons (Fsp3) is 0.214. The van der Waals surface area contributed by atoms with Crippen LogP contribution in [0, 0.1) is 0 Å². The van der Waals surface area contributed by atoms with Crippen LogP contribution in [0.25, 0.3) is 21.0 Å². The van der Waals surface area contributed by atoms with Gasteiger partial charge in [0.05, 0.1) is 10.2 Å². The van der Waals surface area contributed by atoms with Gasteiger partial charge in [-0.3, -0.25) is 0 Å². The molecule has 4 heteroatoms. The fourth-order valence-corrected chi connectivity index (χ4v) is 2.81. The average Bonchev–Trinajstić information content (AvgIpc) is 3.02. The van der Waals surface area contributed by atoms with E-state index in [1.807, 2.05) is 30.3 Å². The highest BCUT2D eigenvalue weighted by Gasteiger charge is 2.09. The monoisotopic (exact) mass is 258 g/mol. The van der Waals surface area contributed by atoms with Crippen LogP contribution in [-0.4, -0.2) is 11.5 Å². The third-order valence-corrected chi connectivity index (χ3v) is 3.84. The second kappa shape index (κ2) is 4.92. The van der Waals surface area contributed by atoms with Crippen molar-refractivity contribution in [1.29, 1.82) is 0 Å². The van der Waals surface area contributed by atoms with Gasteiger partial charge in [0.2, 0.25) is 0 Å². The number of fused-ring (bicyclic) bond motifs is 1. The first-order valence-corrected chi connectivity index (χ1v) is 6.83. The molecule has 0 unspecified atom stereocenters. The molecule has 3 aromatic rings. The second-order valence-corrected chi connectivity index (χ2v) is 5.18. The third-order valence-electron chi connectivity index (χ3n) is 2.79. The number of furan rings is 1. The summed E-state index contributed by atoms with van der Waals surface area (Å²) in [5.74, 6) is 1.83. The summed E-state index contributed by atoms with van der Waals surface area (Å²) >= 11 is 1.66. The number of aromatic nitrogens is 1. The van der Waals surface area contributed by atoms with E-state index in [4.69, 9.17) is 10.2 Å². The Balaban J connectivity index is 1.91. The largest absolute Gasteiger partial charge is 0.459 e. The van der Waals surface area contributed by atoms with Gasteiger partial charge in [0.15, 0.2) is 10.8 Å². The van der Waals surface area contributed by atoms with Crippen LogP contribution < -0.4 is 5.73 Å². The Labute approximate surface area is 109 Å². The van der Waals surface area contributed by atoms with E-state index in [0.29, 0.717) is 6.54 Å². The number of nitrogens with two attached hydrogens (primary N) is 1. The maximum atomic E-state index is 5.79. The van der Waals surface area contributed by atoms with Crippen LogP contribution in [0.3, 0.4) is 0 Å². The lowest BCUT2D eigenvalue weighted by Gasteiger charge is -1.93. The molecule has 2 N–H and O–H groups in total. The number of aryl methyl sites for hydroxylation is 1. The quantitative estimate of drug-likeness (QED) is 0.779. The second-order valence-electron chi connectivity index (χ2n) is 4.14. The number of nitrogens with zero attached hydrogens (tertiary/aromatic N) is 1. The maximum Gasteiger partial charge on any atom is 0.162 e. The number of hydrogen-bond acceptors (Lipinski definition) is 4. The van der Waals surface area contributed by atoms with Crippen LogP contribution in [0.1, 0.15) is 12.2 Å². The van der Waals surface area contributed by atoms with E-state index in [-0.39, 0.29) is 0 Å². The molecule has 0 bridgehead atoms. The van der Waals surface area contributed by atoms with Crippen LogP contribution in [0.5, 0.6) is 0 Å². The van der Waals surface area contributed by atoms with Gasteiger partial charge in [0.1, 0.15) is 5.76 Å². The zero-order chi connectivity index (χ0) is 12.4. The molecule has 0 spiro atoms. The Kier molecular flexibility index (Phi) is 3.13. The Morgan fingerprint density at radius 2 is 2.06 bits per heavy atom. The molecule has 0 saturated carbocycles. The molecule has 0 atom stereocenters. The first-order chi connectivity index (χ1) is 8.86. The number of hydrogen-bond donors (Lipinski definition) is 1. The van der Waals surface area contributed by atoms with E-state index in [0.717, 1.165) is 34.9 Å². The van der Waals surface area contributed by atoms with Gasteiger partial charge in [-0.25, -0.2) is 4.98 Å². The Bertz CT molecular complexity index is 623. The third kappa shape index (κ3) is 2.17. The smallest absolute Gasteiger partial charge is 0.162 e. The van der Waals surface area contributed by atoms with Crippen molar-refractivity contribution in [3.8, 4) is 10.8 Å². The predicted molar refractivity (Wildman–Crippen MR) is 74.7 cm³/mol. The zero-order valence-electron chi connectivity index (χ0n) is 9.93. The number of para-hydroxylation sites is 1. The summed E-state index contributed by atoms with van der Waals surface area (Å²) in [6, 6.07) is 12.1. The summed E-state index contributed by atoms with van der Waals surface area (Å²) in [7, 11) is 0. The molecule has 0 amide bonds. The van der Waals surface area contributed by atoms with Crippen LogP contribution >= 0.6 is 11.3 Å². The Morgan fingerprint density at radius 3 is 2.89 bits per heavy atom. The summed E-state index contributed by atoms with van der Waals surface area (Å²) in [5, 5.41) is 0.940. The minimum absolute atomic E-state index is 0.692. The van der Waals surface area contributed by atoms with Crippen LogP contribution in [0.15, 0.2) is 40.8 Å². The average molecular weight is 258 g/mol. The predicted octanol–water partition coefficient (Wildman–Crippen LogP) is 3.45. The van der Waals surface area contributed by atoms with E-state index < -0.39 is 0 Å². The van der Waals surface area contributed by atoms with Crippen LogP contribution in [-0.2, 0) is 6.42 Å². The van der Waals surface area contributed by atoms with Gasteiger partial charge in [0.25, 0.3) is 0 Å². The van der Waals surface area contributed by atoms with E-state index in [2.05, 4.69) is 11.1 Å². The highest BCUT2D eigenvalue weighted by Crippen LogP contribution is 2.31. The van der Waals surface area contributed by atoms with E-state index in [9.17, 15) is 0 Å². The molecule has 0 saturated heterocycles. The van der Waals surface area contributed by atoms with E-state index >= 15 is 0 Å². The summed E-state index contributed by atoms with van der Waals surface area (Å²) in [5.41, 5.74) is 6.52. The highest BCUT2D eigenvalue weighted by atomic mass is 32.1. The number of thiazole rings is 1. The zero-order valence-corrected chi connectivity index (χ0v) is 10.7. The first kappa shape index (κ1) is 11.4. The molecule has 0 aliphatic rings. The minimum atomic E-state index is 0.692. The van der Waals surface area contributed by atoms with Crippen molar-refractivity contribution >= 4 is 21.6 Å². The summed E-state index contributed by atoms with van der Waals surface area (Å²) in [6.45, 7) is 0.692. The van der Waals surface area contributed by atoms with Crippen LogP contribution in [0.2, 0.25) is 0 Å². The lowest BCUT2D eigenvalue weighted by molar-refractivity contribution is 0.515. The summed E-state index contributed by atoms with van der Waals surface area (Å²) in [6.07, 6.45) is 1.84. The molecule has 2 heterocycles. The van der Waals surface area contributed by atoms with Gasteiger partial charge >= 0.3 is 0 Å². The molecule has 0 aliphatic carbocycles. The van der Waals surface area contributed by atoms with Crippen molar-refractivity contribution in [3.05, 3.63) is 42.2 Å². The van der Waals surface area contributed by atoms with E-state index in [1.165, 1.54) is 4.70 Å². The standard InChI is InChI=1S/C14H14N2OS/c15-9-3-4-10-7-8-12(17-10)14-16-11-5-1-2-6-13(11)18-14/h1-2,5-8H,3-4,9,15H2. The van der Waals surface area contributed by atoms with E-state index in [1.54, 1.807) is 11.3 Å². The van der Waals surface area contributed by atoms with Gasteiger partial charge < -0.3 is 10.2 Å². The van der Waals surface area contributed by atoms with Crippen molar-refractivity contribution < 1.29 is 4.42 Å². The molecule has 92 valence electrons. The molecule has 18 heavy (non-hydrogen) atoms. The van der Waals surface area contributed by atoms with Crippen molar-refractivity contribution in [3.63, 3.8) is 0 Å². The Morgan fingerprint density at radius 1 is 1.17 bits per heavy atom. The van der Waals surface area contributed by atoms with Crippen molar-refractivity contribution in [1.82, 2.24) is 4.98 Å². The Hall–Kier alpha value is -1.65. The van der Waals surface area contributed by atoms with Crippen molar-refractivity contribution in [2.75, 3.05) is 6.54 Å². The topological polar surface area (TPSA) is 52.0 Å². The fourth-order valence-electron chi connectivity index (χ4n) is 1.88. The van der Waals surface area contributed by atoms with Crippen LogP contribution in [0.4, 0.5) is 0 Å². The SMILES string of the molecule is NCCCc1ccc(-c2nc3ccccc3s2)o1. The molecule has 3 rings (SSSR count). The maximum absolute atomic E-state index is 5.79. The molecule has 1 aromatic carbocycles. The molecular formula is C14H14N2OS. The summed E-state index contributed by atoms with van der Waals surface area (Å²) in [4.78, 5) is 4.58. The molecule has 2 aromatic heterocycles. The van der Waals surface area contributed by atoms with Gasteiger partial charge in [0, 0.05) is 6.42 Å². The lowest BCUT2D eigenvalue weighted by Crippen LogP contribution is -1.99. The highest BCUT2D eigenvalue weighted by molar-refractivity contribution is 7.21. The van der Waals surface area contributed by atoms with Crippen molar-refractivity contribution in [2.45, 2.75) is 12.8 Å². The van der Waals surface area contributed by atoms with Gasteiger partial charge in [-0.1, -0.05) is 12.1 Å². The summed E-state index contributed by atoms with van der Waals surface area (Å²) < 4.78 is 6.98. The molecule has 0 aliphatic heterocycles. The van der Waals surface area contributed by atoms with Gasteiger partial charge in [-0.2, -0.15) is 0 Å². The van der Waals surface area contributed by atoms with Gasteiger partial charge in [-0.15, -0.1) is 11.3 Å². The lowest BCUT2D eigenvalue weighted by atomic mass is 10.2. The first-order valence-electron chi connectivity index (χ1n) is 6.01. The molecule has 0 radical (unpaired) electrons. The number of benzene rings is 1. The number of rotatable bonds is 4. The van der Waals surface area contributed by atoms with Gasteiger partial charge in [-0.05, 0) is 37.2 Å².